The number of carbonyl (C=O) groups excluding carboxylic acids is 1. The van der Waals surface area contributed by atoms with Crippen LogP contribution in [0.25, 0.3) is 0 Å². The highest BCUT2D eigenvalue weighted by molar-refractivity contribution is 6.34. The lowest BCUT2D eigenvalue weighted by Gasteiger charge is -2.16. The first-order valence-corrected chi connectivity index (χ1v) is 7.69. The molecule has 1 rings (SSSR count). The largest absolute Gasteiger partial charge is 0.492 e. The van der Waals surface area contributed by atoms with Gasteiger partial charge in [-0.05, 0) is 31.4 Å². The summed E-state index contributed by atoms with van der Waals surface area (Å²) in [5.74, 6) is 0.358. The summed E-state index contributed by atoms with van der Waals surface area (Å²) < 4.78 is 9.97. The van der Waals surface area contributed by atoms with E-state index in [1.54, 1.807) is 12.1 Å². The number of carbonyl (C=O) groups is 1. The number of unbranched alkanes of at least 4 members (excludes halogenated alkanes) is 1. The molecule has 1 unspecified atom stereocenters. The van der Waals surface area contributed by atoms with E-state index in [0.29, 0.717) is 28.8 Å². The van der Waals surface area contributed by atoms with E-state index in [9.17, 15) is 4.79 Å². The van der Waals surface area contributed by atoms with E-state index < -0.39 is 0 Å². The quantitative estimate of drug-likeness (QED) is 0.574. The molecule has 4 nitrogen and oxygen atoms in total. The number of nitrogens with two attached hydrogens (primary N) is 1. The lowest BCUT2D eigenvalue weighted by molar-refractivity contribution is -0.140. The molecule has 0 fully saturated rings. The highest BCUT2D eigenvalue weighted by atomic mass is 35.5. The van der Waals surface area contributed by atoms with Crippen LogP contribution in [0.2, 0.25) is 10.0 Å². The molecule has 6 heteroatoms. The molecule has 2 N–H and O–H groups in total. The standard InChI is InChI=1S/C15H21Cl2NO3/c1-3-21-14-9-11(16)10(8-12(14)17)13(18)6-4-5-7-15(19)20-2/h8-9,13H,3-7,18H2,1-2H3. The summed E-state index contributed by atoms with van der Waals surface area (Å²) in [5, 5.41) is 1.05. The lowest BCUT2D eigenvalue weighted by atomic mass is 10.0. The van der Waals surface area contributed by atoms with Crippen LogP contribution in [0.3, 0.4) is 0 Å². The number of benzene rings is 1. The molecule has 1 aromatic rings. The highest BCUT2D eigenvalue weighted by Gasteiger charge is 2.14. The first kappa shape index (κ1) is 18.1. The van der Waals surface area contributed by atoms with Crippen LogP contribution in [-0.2, 0) is 9.53 Å². The molecule has 0 aliphatic heterocycles. The number of hydrogen-bond acceptors (Lipinski definition) is 4. The number of methoxy groups -OCH3 is 1. The van der Waals surface area contributed by atoms with Gasteiger partial charge < -0.3 is 15.2 Å². The Kier molecular flexibility index (Phi) is 7.86. The minimum Gasteiger partial charge on any atom is -0.492 e. The molecule has 0 amide bonds. The molecule has 0 spiro atoms. The number of halogens is 2. The summed E-state index contributed by atoms with van der Waals surface area (Å²) in [6, 6.07) is 3.22. The Morgan fingerprint density at radius 1 is 1.29 bits per heavy atom. The average molecular weight is 334 g/mol. The zero-order chi connectivity index (χ0) is 15.8. The maximum atomic E-state index is 11.0. The number of hydrogen-bond donors (Lipinski definition) is 1. The number of rotatable bonds is 8. The molecule has 0 aromatic heterocycles. The van der Waals surface area contributed by atoms with E-state index >= 15 is 0 Å². The first-order valence-electron chi connectivity index (χ1n) is 6.93. The Balaban J connectivity index is 2.59. The van der Waals surface area contributed by atoms with E-state index in [4.69, 9.17) is 33.7 Å². The van der Waals surface area contributed by atoms with Gasteiger partial charge in [0.2, 0.25) is 0 Å². The second-order valence-corrected chi connectivity index (χ2v) is 5.48. The van der Waals surface area contributed by atoms with Crippen molar-refractivity contribution in [3.8, 4) is 5.75 Å². The summed E-state index contributed by atoms with van der Waals surface area (Å²) >= 11 is 12.4. The van der Waals surface area contributed by atoms with Crippen molar-refractivity contribution in [2.45, 2.75) is 38.6 Å². The third kappa shape index (κ3) is 5.73. The third-order valence-corrected chi connectivity index (χ3v) is 3.75. The molecule has 0 aliphatic rings. The van der Waals surface area contributed by atoms with Gasteiger partial charge in [-0.2, -0.15) is 0 Å². The summed E-state index contributed by atoms with van der Waals surface area (Å²) in [4.78, 5) is 11.0. The van der Waals surface area contributed by atoms with E-state index in [1.807, 2.05) is 6.92 Å². The van der Waals surface area contributed by atoms with Gasteiger partial charge in [0.15, 0.2) is 0 Å². The predicted molar refractivity (Wildman–Crippen MR) is 85.0 cm³/mol. The molecule has 0 heterocycles. The topological polar surface area (TPSA) is 61.5 Å². The minimum atomic E-state index is -0.219. The van der Waals surface area contributed by atoms with Crippen LogP contribution in [0.15, 0.2) is 12.1 Å². The van der Waals surface area contributed by atoms with Gasteiger partial charge in [0.1, 0.15) is 5.75 Å². The van der Waals surface area contributed by atoms with Crippen molar-refractivity contribution in [1.82, 2.24) is 0 Å². The molecule has 0 saturated carbocycles. The maximum absolute atomic E-state index is 11.0. The Morgan fingerprint density at radius 2 is 2.00 bits per heavy atom. The molecular weight excluding hydrogens is 313 g/mol. The van der Waals surface area contributed by atoms with E-state index in [2.05, 4.69) is 4.74 Å². The van der Waals surface area contributed by atoms with Crippen LogP contribution in [-0.4, -0.2) is 19.7 Å². The number of ether oxygens (including phenoxy) is 2. The van der Waals surface area contributed by atoms with Crippen molar-refractivity contribution < 1.29 is 14.3 Å². The van der Waals surface area contributed by atoms with Gasteiger partial charge in [-0.15, -0.1) is 0 Å². The molecule has 0 bridgehead atoms. The summed E-state index contributed by atoms with van der Waals surface area (Å²) in [6.07, 6.45) is 2.68. The lowest BCUT2D eigenvalue weighted by Crippen LogP contribution is -2.11. The number of esters is 1. The van der Waals surface area contributed by atoms with Crippen molar-refractivity contribution >= 4 is 29.2 Å². The Morgan fingerprint density at radius 3 is 2.62 bits per heavy atom. The first-order chi connectivity index (χ1) is 9.99. The van der Waals surface area contributed by atoms with Crippen LogP contribution in [0, 0.1) is 0 Å². The smallest absolute Gasteiger partial charge is 0.305 e. The zero-order valence-corrected chi connectivity index (χ0v) is 13.8. The van der Waals surface area contributed by atoms with E-state index in [-0.39, 0.29) is 12.0 Å². The fraction of sp³-hybridized carbons (Fsp3) is 0.533. The molecule has 118 valence electrons. The van der Waals surface area contributed by atoms with Crippen LogP contribution in [0.4, 0.5) is 0 Å². The SMILES string of the molecule is CCOc1cc(Cl)c(C(N)CCCCC(=O)OC)cc1Cl. The van der Waals surface area contributed by atoms with Crippen molar-refractivity contribution in [2.75, 3.05) is 13.7 Å². The summed E-state index contributed by atoms with van der Waals surface area (Å²) in [6.45, 7) is 2.40. The van der Waals surface area contributed by atoms with Gasteiger partial charge in [0.25, 0.3) is 0 Å². The Bertz CT molecular complexity index is 480. The minimum absolute atomic E-state index is 0.203. The fourth-order valence-corrected chi connectivity index (χ4v) is 2.51. The van der Waals surface area contributed by atoms with E-state index in [1.165, 1.54) is 7.11 Å². The van der Waals surface area contributed by atoms with Crippen molar-refractivity contribution in [3.63, 3.8) is 0 Å². The highest BCUT2D eigenvalue weighted by Crippen LogP contribution is 2.34. The Hall–Kier alpha value is -0.970. The molecule has 21 heavy (non-hydrogen) atoms. The second-order valence-electron chi connectivity index (χ2n) is 4.67. The molecule has 1 aromatic carbocycles. The molecule has 1 atom stereocenters. The van der Waals surface area contributed by atoms with Crippen molar-refractivity contribution in [2.24, 2.45) is 5.73 Å². The van der Waals surface area contributed by atoms with Crippen LogP contribution < -0.4 is 10.5 Å². The summed E-state index contributed by atoms with van der Waals surface area (Å²) in [7, 11) is 1.38. The van der Waals surface area contributed by atoms with Gasteiger partial charge in [-0.25, -0.2) is 0 Å². The average Bonchev–Trinajstić information content (AvgIpc) is 2.46. The van der Waals surface area contributed by atoms with E-state index in [0.717, 1.165) is 24.8 Å². The maximum Gasteiger partial charge on any atom is 0.305 e. The monoisotopic (exact) mass is 333 g/mol. The second kappa shape index (κ2) is 9.13. The van der Waals surface area contributed by atoms with Gasteiger partial charge >= 0.3 is 5.97 Å². The van der Waals surface area contributed by atoms with Gasteiger partial charge in [0.05, 0.1) is 18.7 Å². The normalized spacial score (nSPS) is 12.0. The van der Waals surface area contributed by atoms with Gasteiger partial charge in [-0.1, -0.05) is 29.6 Å². The van der Waals surface area contributed by atoms with Crippen molar-refractivity contribution in [1.29, 1.82) is 0 Å². The molecular formula is C15H21Cl2NO3. The molecule has 0 radical (unpaired) electrons. The van der Waals surface area contributed by atoms with Gasteiger partial charge in [-0.3, -0.25) is 4.79 Å². The molecule has 0 aliphatic carbocycles. The summed E-state index contributed by atoms with van der Waals surface area (Å²) in [5.41, 5.74) is 6.93. The van der Waals surface area contributed by atoms with Crippen LogP contribution in [0.5, 0.6) is 5.75 Å². The van der Waals surface area contributed by atoms with Gasteiger partial charge in [0, 0.05) is 23.6 Å². The Labute approximate surface area is 135 Å². The fourth-order valence-electron chi connectivity index (χ4n) is 1.99. The predicted octanol–water partition coefficient (Wildman–Crippen LogP) is 4.13. The van der Waals surface area contributed by atoms with Crippen LogP contribution in [0.1, 0.15) is 44.2 Å². The van der Waals surface area contributed by atoms with Crippen molar-refractivity contribution in [3.05, 3.63) is 27.7 Å². The molecule has 0 saturated heterocycles. The van der Waals surface area contributed by atoms with Crippen LogP contribution >= 0.6 is 23.2 Å². The zero-order valence-electron chi connectivity index (χ0n) is 12.3. The third-order valence-electron chi connectivity index (χ3n) is 3.12.